The highest BCUT2D eigenvalue weighted by atomic mass is 16.2. The molecule has 0 aliphatic rings. The number of aromatic nitrogens is 2. The van der Waals surface area contributed by atoms with Gasteiger partial charge >= 0.3 is 0 Å². The Morgan fingerprint density at radius 2 is 2.16 bits per heavy atom. The number of nitrogens with one attached hydrogen (secondary N) is 2. The largest absolute Gasteiger partial charge is 0.353 e. The molecular formula is C14H26N4O. The second-order valence-electron chi connectivity index (χ2n) is 5.28. The molecule has 108 valence electrons. The third-order valence-corrected chi connectivity index (χ3v) is 3.46. The summed E-state index contributed by atoms with van der Waals surface area (Å²) < 4.78 is 0. The lowest BCUT2D eigenvalue weighted by molar-refractivity contribution is -0.122. The second kappa shape index (κ2) is 7.28. The van der Waals surface area contributed by atoms with E-state index in [1.54, 1.807) is 0 Å². The van der Waals surface area contributed by atoms with Crippen LogP contribution in [0.1, 0.15) is 37.2 Å². The van der Waals surface area contributed by atoms with Crippen LogP contribution in [0.5, 0.6) is 0 Å². The third-order valence-electron chi connectivity index (χ3n) is 3.46. The van der Waals surface area contributed by atoms with Crippen molar-refractivity contribution in [2.75, 3.05) is 20.1 Å². The van der Waals surface area contributed by atoms with E-state index in [4.69, 9.17) is 0 Å². The van der Waals surface area contributed by atoms with Crippen molar-refractivity contribution in [2.24, 2.45) is 0 Å². The van der Waals surface area contributed by atoms with Crippen LogP contribution in [0, 0.1) is 13.8 Å². The Balaban J connectivity index is 2.36. The fourth-order valence-corrected chi connectivity index (χ4v) is 1.99. The number of rotatable bonds is 7. The maximum absolute atomic E-state index is 11.7. The molecule has 1 unspecified atom stereocenters. The Morgan fingerprint density at radius 3 is 2.68 bits per heavy atom. The van der Waals surface area contributed by atoms with E-state index in [1.165, 1.54) is 5.56 Å². The van der Waals surface area contributed by atoms with Gasteiger partial charge in [-0.15, -0.1) is 0 Å². The standard InChI is InChI=1S/C14H26N4O/c1-6-10(2)15-14(19)9-18(5)8-7-13-11(3)16-17-12(13)4/h10H,6-9H2,1-5H3,(H,15,19)(H,16,17). The minimum Gasteiger partial charge on any atom is -0.353 e. The predicted octanol–water partition coefficient (Wildman–Crippen LogP) is 1.42. The predicted molar refractivity (Wildman–Crippen MR) is 77.2 cm³/mol. The number of H-pyrrole nitrogens is 1. The molecule has 1 heterocycles. The Kier molecular flexibility index (Phi) is 6.02. The van der Waals surface area contributed by atoms with Gasteiger partial charge in [0, 0.05) is 18.3 Å². The highest BCUT2D eigenvalue weighted by Crippen LogP contribution is 2.10. The molecule has 1 aromatic rings. The van der Waals surface area contributed by atoms with E-state index in [9.17, 15) is 4.79 Å². The van der Waals surface area contributed by atoms with Crippen LogP contribution in [0.3, 0.4) is 0 Å². The normalized spacial score (nSPS) is 12.7. The smallest absolute Gasteiger partial charge is 0.234 e. The summed E-state index contributed by atoms with van der Waals surface area (Å²) in [5.74, 6) is 0.0949. The fraction of sp³-hybridized carbons (Fsp3) is 0.714. The van der Waals surface area contributed by atoms with Gasteiger partial charge in [-0.05, 0) is 46.2 Å². The van der Waals surface area contributed by atoms with Crippen LogP contribution in [0.4, 0.5) is 0 Å². The van der Waals surface area contributed by atoms with Crippen molar-refractivity contribution in [1.82, 2.24) is 20.4 Å². The van der Waals surface area contributed by atoms with Crippen molar-refractivity contribution < 1.29 is 4.79 Å². The van der Waals surface area contributed by atoms with Crippen molar-refractivity contribution in [1.29, 1.82) is 0 Å². The van der Waals surface area contributed by atoms with Gasteiger partial charge in [0.25, 0.3) is 0 Å². The molecular weight excluding hydrogens is 240 g/mol. The fourth-order valence-electron chi connectivity index (χ4n) is 1.99. The molecule has 1 amide bonds. The van der Waals surface area contributed by atoms with Crippen molar-refractivity contribution >= 4 is 5.91 Å². The number of carbonyl (C=O) groups is 1. The van der Waals surface area contributed by atoms with E-state index in [0.29, 0.717) is 6.54 Å². The first-order chi connectivity index (χ1) is 8.93. The number of aromatic amines is 1. The van der Waals surface area contributed by atoms with Crippen LogP contribution >= 0.6 is 0 Å². The van der Waals surface area contributed by atoms with Gasteiger partial charge in [-0.25, -0.2) is 0 Å². The number of aryl methyl sites for hydroxylation is 2. The van der Waals surface area contributed by atoms with Gasteiger partial charge in [0.1, 0.15) is 0 Å². The van der Waals surface area contributed by atoms with Crippen molar-refractivity contribution in [3.63, 3.8) is 0 Å². The molecule has 5 heteroatoms. The lowest BCUT2D eigenvalue weighted by Crippen LogP contribution is -2.40. The molecule has 0 radical (unpaired) electrons. The molecule has 1 rings (SSSR count). The van der Waals surface area contributed by atoms with Gasteiger partial charge < -0.3 is 5.32 Å². The SMILES string of the molecule is CCC(C)NC(=O)CN(C)CCc1c(C)n[nH]c1C. The molecule has 0 aliphatic heterocycles. The first-order valence-electron chi connectivity index (χ1n) is 6.92. The average molecular weight is 266 g/mol. The zero-order valence-electron chi connectivity index (χ0n) is 12.7. The van der Waals surface area contributed by atoms with Gasteiger partial charge in [0.05, 0.1) is 12.2 Å². The van der Waals surface area contributed by atoms with E-state index in [1.807, 2.05) is 32.7 Å². The maximum atomic E-state index is 11.7. The summed E-state index contributed by atoms with van der Waals surface area (Å²) in [6, 6.07) is 0.249. The highest BCUT2D eigenvalue weighted by molar-refractivity contribution is 5.78. The monoisotopic (exact) mass is 266 g/mol. The molecule has 1 aromatic heterocycles. The summed E-state index contributed by atoms with van der Waals surface area (Å²) in [7, 11) is 1.97. The van der Waals surface area contributed by atoms with Gasteiger partial charge in [-0.3, -0.25) is 14.8 Å². The lowest BCUT2D eigenvalue weighted by atomic mass is 10.1. The first kappa shape index (κ1) is 15.7. The van der Waals surface area contributed by atoms with Crippen LogP contribution in [0.25, 0.3) is 0 Å². The molecule has 0 fully saturated rings. The molecule has 2 N–H and O–H groups in total. The lowest BCUT2D eigenvalue weighted by Gasteiger charge is -2.18. The number of carbonyl (C=O) groups excluding carboxylic acids is 1. The van der Waals surface area contributed by atoms with E-state index >= 15 is 0 Å². The number of amides is 1. The molecule has 1 atom stereocenters. The van der Waals surface area contributed by atoms with Gasteiger partial charge in [-0.1, -0.05) is 6.92 Å². The van der Waals surface area contributed by atoms with Crippen LogP contribution in [0.2, 0.25) is 0 Å². The summed E-state index contributed by atoms with van der Waals surface area (Å²) in [5, 5.41) is 10.1. The van der Waals surface area contributed by atoms with Crippen molar-refractivity contribution in [3.8, 4) is 0 Å². The number of nitrogens with zero attached hydrogens (tertiary/aromatic N) is 2. The summed E-state index contributed by atoms with van der Waals surface area (Å²) in [5.41, 5.74) is 3.43. The van der Waals surface area contributed by atoms with E-state index in [-0.39, 0.29) is 11.9 Å². The zero-order valence-corrected chi connectivity index (χ0v) is 12.7. The Labute approximate surface area is 115 Å². The molecule has 0 saturated heterocycles. The minimum atomic E-state index is 0.0949. The quantitative estimate of drug-likeness (QED) is 0.784. The third kappa shape index (κ3) is 5.03. The summed E-state index contributed by atoms with van der Waals surface area (Å²) in [6.45, 7) is 9.43. The van der Waals surface area contributed by atoms with E-state index in [0.717, 1.165) is 30.8 Å². The molecule has 0 saturated carbocycles. The molecule has 0 aliphatic carbocycles. The summed E-state index contributed by atoms with van der Waals surface area (Å²) >= 11 is 0. The molecule has 5 nitrogen and oxygen atoms in total. The van der Waals surface area contributed by atoms with Crippen LogP contribution in [0.15, 0.2) is 0 Å². The van der Waals surface area contributed by atoms with Crippen LogP contribution in [-0.4, -0.2) is 47.2 Å². The molecule has 0 bridgehead atoms. The van der Waals surface area contributed by atoms with Crippen LogP contribution in [-0.2, 0) is 11.2 Å². The van der Waals surface area contributed by atoms with Crippen molar-refractivity contribution in [3.05, 3.63) is 17.0 Å². The highest BCUT2D eigenvalue weighted by Gasteiger charge is 2.11. The zero-order chi connectivity index (χ0) is 14.4. The van der Waals surface area contributed by atoms with E-state index in [2.05, 4.69) is 22.4 Å². The number of hydrogen-bond donors (Lipinski definition) is 2. The van der Waals surface area contributed by atoms with Gasteiger partial charge in [0.2, 0.25) is 5.91 Å². The van der Waals surface area contributed by atoms with Gasteiger partial charge in [0.15, 0.2) is 0 Å². The Bertz CT molecular complexity index is 394. The Morgan fingerprint density at radius 1 is 1.47 bits per heavy atom. The first-order valence-corrected chi connectivity index (χ1v) is 6.92. The number of hydrogen-bond acceptors (Lipinski definition) is 3. The number of likely N-dealkylation sites (N-methyl/N-ethyl adjacent to an activating group) is 1. The van der Waals surface area contributed by atoms with Crippen LogP contribution < -0.4 is 5.32 Å². The minimum absolute atomic E-state index is 0.0949. The van der Waals surface area contributed by atoms with Crippen molar-refractivity contribution in [2.45, 2.75) is 46.6 Å². The molecule has 19 heavy (non-hydrogen) atoms. The van der Waals surface area contributed by atoms with E-state index < -0.39 is 0 Å². The summed E-state index contributed by atoms with van der Waals surface area (Å²) in [6.07, 6.45) is 1.88. The maximum Gasteiger partial charge on any atom is 0.234 e. The van der Waals surface area contributed by atoms with Gasteiger partial charge in [-0.2, -0.15) is 5.10 Å². The molecule has 0 spiro atoms. The second-order valence-corrected chi connectivity index (χ2v) is 5.28. The average Bonchev–Trinajstić information content (AvgIpc) is 2.66. The molecule has 0 aromatic carbocycles. The Hall–Kier alpha value is -1.36. The summed E-state index contributed by atoms with van der Waals surface area (Å²) in [4.78, 5) is 13.8. The topological polar surface area (TPSA) is 61.0 Å².